The number of ketones is 2. The summed E-state index contributed by atoms with van der Waals surface area (Å²) in [4.78, 5) is 38.6. The first-order chi connectivity index (χ1) is 16.4. The number of nitrogens with zero attached hydrogens (tertiary/aromatic N) is 4. The van der Waals surface area contributed by atoms with Crippen LogP contribution in [0.4, 0.5) is 5.69 Å². The van der Waals surface area contributed by atoms with Crippen LogP contribution in [0.5, 0.6) is 0 Å². The van der Waals surface area contributed by atoms with E-state index in [-0.39, 0.29) is 23.0 Å². The Balaban J connectivity index is 1.33. The van der Waals surface area contributed by atoms with Gasteiger partial charge >= 0.3 is 0 Å². The number of hydrogen-bond acceptors (Lipinski definition) is 7. The van der Waals surface area contributed by atoms with E-state index in [1.165, 1.54) is 11.8 Å². The van der Waals surface area contributed by atoms with Gasteiger partial charge < -0.3 is 5.32 Å². The molecule has 1 aromatic heterocycles. The molecular formula is C25H19N5O3S. The van der Waals surface area contributed by atoms with E-state index in [4.69, 9.17) is 0 Å². The zero-order chi connectivity index (χ0) is 23.8. The average Bonchev–Trinajstić information content (AvgIpc) is 3.31. The number of tetrazole rings is 1. The van der Waals surface area contributed by atoms with E-state index in [0.29, 0.717) is 27.5 Å². The number of aromatic nitrogens is 4. The summed E-state index contributed by atoms with van der Waals surface area (Å²) in [7, 11) is 0. The summed E-state index contributed by atoms with van der Waals surface area (Å²) in [5.74, 6) is -0.714. The third-order valence-corrected chi connectivity index (χ3v) is 6.60. The first kappa shape index (κ1) is 21.7. The molecule has 0 aliphatic heterocycles. The second-order valence-corrected chi connectivity index (χ2v) is 9.23. The van der Waals surface area contributed by atoms with Gasteiger partial charge in [-0.1, -0.05) is 53.7 Å². The molecule has 1 aliphatic rings. The van der Waals surface area contributed by atoms with E-state index in [2.05, 4.69) is 20.8 Å². The molecule has 0 radical (unpaired) electrons. The van der Waals surface area contributed by atoms with Crippen LogP contribution in [0.1, 0.15) is 44.3 Å². The van der Waals surface area contributed by atoms with Gasteiger partial charge in [0.2, 0.25) is 11.1 Å². The molecule has 1 atom stereocenters. The lowest BCUT2D eigenvalue weighted by atomic mass is 9.84. The number of hydrogen-bond donors (Lipinski definition) is 1. The Morgan fingerprint density at radius 3 is 2.26 bits per heavy atom. The van der Waals surface area contributed by atoms with Gasteiger partial charge in [0.15, 0.2) is 11.6 Å². The Hall–Kier alpha value is -4.11. The summed E-state index contributed by atoms with van der Waals surface area (Å²) >= 11 is 1.22. The average molecular weight is 470 g/mol. The second-order valence-electron chi connectivity index (χ2n) is 7.92. The van der Waals surface area contributed by atoms with E-state index in [0.717, 1.165) is 11.3 Å². The van der Waals surface area contributed by atoms with Gasteiger partial charge in [-0.2, -0.15) is 4.68 Å². The fourth-order valence-corrected chi connectivity index (χ4v) is 4.54. The molecule has 9 heteroatoms. The monoisotopic (exact) mass is 469 g/mol. The van der Waals surface area contributed by atoms with Gasteiger partial charge in [-0.05, 0) is 54.6 Å². The summed E-state index contributed by atoms with van der Waals surface area (Å²) in [6.45, 7) is 3.74. The Morgan fingerprint density at radius 2 is 1.56 bits per heavy atom. The maximum Gasteiger partial charge on any atom is 0.237 e. The highest BCUT2D eigenvalue weighted by atomic mass is 32.2. The lowest BCUT2D eigenvalue weighted by Crippen LogP contribution is -2.24. The van der Waals surface area contributed by atoms with Crippen LogP contribution in [0.25, 0.3) is 5.69 Å². The van der Waals surface area contributed by atoms with E-state index in [1.807, 2.05) is 31.2 Å². The van der Waals surface area contributed by atoms with Crippen LogP contribution in [0.2, 0.25) is 0 Å². The molecule has 5 rings (SSSR count). The number of carbonyl (C=O) groups excluding carboxylic acids is 3. The van der Waals surface area contributed by atoms with Crippen LogP contribution in [-0.4, -0.2) is 42.9 Å². The molecule has 34 heavy (non-hydrogen) atoms. The van der Waals surface area contributed by atoms with Crippen LogP contribution >= 0.6 is 11.8 Å². The van der Waals surface area contributed by atoms with Crippen molar-refractivity contribution in [2.75, 3.05) is 5.32 Å². The number of rotatable bonds is 5. The Morgan fingerprint density at radius 1 is 0.912 bits per heavy atom. The minimum Gasteiger partial charge on any atom is -0.325 e. The second kappa shape index (κ2) is 8.68. The normalized spacial score (nSPS) is 13.2. The van der Waals surface area contributed by atoms with Crippen molar-refractivity contribution in [2.24, 2.45) is 0 Å². The van der Waals surface area contributed by atoms with Crippen molar-refractivity contribution in [3.63, 3.8) is 0 Å². The molecule has 168 valence electrons. The van der Waals surface area contributed by atoms with Crippen molar-refractivity contribution in [3.05, 3.63) is 94.5 Å². The molecule has 0 fully saturated rings. The Labute approximate surface area is 199 Å². The van der Waals surface area contributed by atoms with Crippen LogP contribution in [0.15, 0.2) is 71.9 Å². The molecule has 1 N–H and O–H groups in total. The first-order valence-electron chi connectivity index (χ1n) is 10.6. The minimum absolute atomic E-state index is 0.199. The molecule has 1 aliphatic carbocycles. The van der Waals surface area contributed by atoms with E-state index >= 15 is 0 Å². The predicted octanol–water partition coefficient (Wildman–Crippen LogP) is 3.87. The fraction of sp³-hybridized carbons (Fsp3) is 0.120. The standard InChI is InChI=1S/C25H19N5O3S/c1-14-7-10-17(11-8-14)30-25(27-28-29-30)34-15(2)24(33)26-16-9-12-20-21(13-16)23(32)19-6-4-3-5-18(19)22(20)31/h3-13,15H,1-2H3,(H,26,33)/t15-/m0/s1. The highest BCUT2D eigenvalue weighted by Gasteiger charge is 2.29. The summed E-state index contributed by atoms with van der Waals surface area (Å²) in [6.07, 6.45) is 0. The molecular weight excluding hydrogens is 450 g/mol. The molecule has 0 spiro atoms. The van der Waals surface area contributed by atoms with Crippen molar-refractivity contribution in [3.8, 4) is 5.69 Å². The molecule has 1 amide bonds. The molecule has 0 bridgehead atoms. The summed E-state index contributed by atoms with van der Waals surface area (Å²) < 4.78 is 1.58. The number of amides is 1. The topological polar surface area (TPSA) is 107 Å². The first-order valence-corrected chi connectivity index (χ1v) is 11.5. The smallest absolute Gasteiger partial charge is 0.237 e. The third-order valence-electron chi connectivity index (χ3n) is 5.56. The zero-order valence-corrected chi connectivity index (χ0v) is 19.2. The summed E-state index contributed by atoms with van der Waals surface area (Å²) in [6, 6.07) is 19.2. The van der Waals surface area contributed by atoms with Crippen molar-refractivity contribution in [1.82, 2.24) is 20.2 Å². The van der Waals surface area contributed by atoms with Gasteiger partial charge in [0.05, 0.1) is 10.9 Å². The highest BCUT2D eigenvalue weighted by Crippen LogP contribution is 2.30. The number of aryl methyl sites for hydroxylation is 1. The minimum atomic E-state index is -0.524. The molecule has 0 saturated carbocycles. The quantitative estimate of drug-likeness (QED) is 0.390. The van der Waals surface area contributed by atoms with Crippen molar-refractivity contribution in [1.29, 1.82) is 0 Å². The largest absolute Gasteiger partial charge is 0.325 e. The fourth-order valence-electron chi connectivity index (χ4n) is 3.73. The summed E-state index contributed by atoms with van der Waals surface area (Å²) in [5.41, 5.74) is 3.74. The number of nitrogens with one attached hydrogen (secondary N) is 1. The van der Waals surface area contributed by atoms with Gasteiger partial charge in [-0.25, -0.2) is 0 Å². The van der Waals surface area contributed by atoms with Gasteiger partial charge in [0.25, 0.3) is 0 Å². The molecule has 1 heterocycles. The molecule has 4 aromatic rings. The van der Waals surface area contributed by atoms with Crippen molar-refractivity contribution in [2.45, 2.75) is 24.3 Å². The lowest BCUT2D eigenvalue weighted by Gasteiger charge is -2.18. The number of fused-ring (bicyclic) bond motifs is 2. The van der Waals surface area contributed by atoms with E-state index < -0.39 is 5.25 Å². The Kier molecular flexibility index (Phi) is 5.54. The summed E-state index contributed by atoms with van der Waals surface area (Å²) in [5, 5.41) is 14.6. The molecule has 3 aromatic carbocycles. The maximum atomic E-state index is 12.9. The van der Waals surface area contributed by atoms with Crippen LogP contribution in [0, 0.1) is 6.92 Å². The number of anilines is 1. The Bertz CT molecular complexity index is 1450. The molecule has 8 nitrogen and oxygen atoms in total. The SMILES string of the molecule is Cc1ccc(-n2nnnc2S[C@@H](C)C(=O)Nc2ccc3c(c2)C(=O)c2ccccc2C3=O)cc1. The van der Waals surface area contributed by atoms with Gasteiger partial charge in [0, 0.05) is 27.9 Å². The number of benzene rings is 3. The lowest BCUT2D eigenvalue weighted by molar-refractivity contribution is -0.115. The maximum absolute atomic E-state index is 12.9. The van der Waals surface area contributed by atoms with Crippen LogP contribution in [-0.2, 0) is 4.79 Å². The molecule has 0 unspecified atom stereocenters. The number of carbonyl (C=O) groups is 3. The van der Waals surface area contributed by atoms with E-state index in [1.54, 1.807) is 54.1 Å². The third kappa shape index (κ3) is 3.90. The van der Waals surface area contributed by atoms with Gasteiger partial charge in [-0.15, -0.1) is 5.10 Å². The predicted molar refractivity (Wildman–Crippen MR) is 128 cm³/mol. The zero-order valence-electron chi connectivity index (χ0n) is 18.4. The highest BCUT2D eigenvalue weighted by molar-refractivity contribution is 8.00. The van der Waals surface area contributed by atoms with Crippen molar-refractivity contribution >= 4 is 34.9 Å². The van der Waals surface area contributed by atoms with Gasteiger partial charge in [-0.3, -0.25) is 14.4 Å². The number of thioether (sulfide) groups is 1. The molecule has 0 saturated heterocycles. The van der Waals surface area contributed by atoms with Crippen molar-refractivity contribution < 1.29 is 14.4 Å². The van der Waals surface area contributed by atoms with E-state index in [9.17, 15) is 14.4 Å². The van der Waals surface area contributed by atoms with Crippen LogP contribution in [0.3, 0.4) is 0 Å². The van der Waals surface area contributed by atoms with Gasteiger partial charge in [0.1, 0.15) is 0 Å². The van der Waals surface area contributed by atoms with Crippen LogP contribution < -0.4 is 5.32 Å².